The van der Waals surface area contributed by atoms with Gasteiger partial charge in [-0.15, -0.1) is 0 Å². The topological polar surface area (TPSA) is 40.5 Å². The second-order valence-corrected chi connectivity index (χ2v) is 2.52. The van der Waals surface area contributed by atoms with Crippen LogP contribution in [-0.2, 0) is 0 Å². The summed E-state index contributed by atoms with van der Waals surface area (Å²) < 4.78 is 21.3. The zero-order valence-electron chi connectivity index (χ0n) is 8.58. The highest BCUT2D eigenvalue weighted by molar-refractivity contribution is 6.62. The molecule has 0 heterocycles. The maximum Gasteiger partial charge on any atom is 0.489 e. The predicted molar refractivity (Wildman–Crippen MR) is 46.0 cm³/mol. The van der Waals surface area contributed by atoms with Gasteiger partial charge in [0, 0.05) is 14.6 Å². The number of rotatable bonds is 1. The van der Waals surface area contributed by atoms with Crippen LogP contribution in [0.25, 0.3) is 0 Å². The molecule has 0 bridgehead atoms. The fourth-order valence-electron chi connectivity index (χ4n) is 0.742. The Bertz CT molecular complexity index is 340. The van der Waals surface area contributed by atoms with Crippen LogP contribution in [0.2, 0.25) is 5.02 Å². The van der Waals surface area contributed by atoms with Gasteiger partial charge >= 0.3 is 7.12 Å². The van der Waals surface area contributed by atoms with E-state index in [2.05, 4.69) is 0 Å². The summed E-state index contributed by atoms with van der Waals surface area (Å²) in [6.07, 6.45) is 0. The molecule has 2 nitrogen and oxygen atoms in total. The average molecular weight is 173 g/mol. The Balaban J connectivity index is 3.20. The van der Waals surface area contributed by atoms with E-state index in [1.807, 2.05) is 0 Å². The van der Waals surface area contributed by atoms with Crippen molar-refractivity contribution in [3.8, 4) is 0 Å². The molecule has 4 heteroatoms. The van der Waals surface area contributed by atoms with Crippen LogP contribution in [-0.4, -0.2) is 17.2 Å². The zero-order valence-corrected chi connectivity index (χ0v) is 6.34. The maximum atomic E-state index is 8.88. The lowest BCUT2D eigenvalue weighted by Crippen LogP contribution is -2.30. The van der Waals surface area contributed by atoms with Crippen LogP contribution in [0, 0.1) is 6.85 Å². The van der Waals surface area contributed by atoms with E-state index in [1.165, 1.54) is 18.2 Å². The lowest BCUT2D eigenvalue weighted by Gasteiger charge is -2.02. The van der Waals surface area contributed by atoms with Crippen LogP contribution >= 0.6 is 11.6 Å². The van der Waals surface area contributed by atoms with E-state index in [4.69, 9.17) is 25.8 Å². The molecule has 2 N–H and O–H groups in total. The van der Waals surface area contributed by atoms with E-state index in [0.29, 0.717) is 0 Å². The molecule has 0 aliphatic heterocycles. The monoisotopic (exact) mass is 173 g/mol. The number of benzene rings is 1. The highest BCUT2D eigenvalue weighted by atomic mass is 35.5. The van der Waals surface area contributed by atoms with Crippen molar-refractivity contribution >= 4 is 24.2 Å². The molecule has 0 aliphatic rings. The summed E-state index contributed by atoms with van der Waals surface area (Å²) in [7, 11) is -1.76. The first kappa shape index (κ1) is 5.20. The SMILES string of the molecule is [2H]C([2H])([2H])c1ccc(Cl)c(B(O)O)c1. The molecule has 0 amide bonds. The Morgan fingerprint density at radius 3 is 2.82 bits per heavy atom. The van der Waals surface area contributed by atoms with E-state index >= 15 is 0 Å². The van der Waals surface area contributed by atoms with Gasteiger partial charge < -0.3 is 10.0 Å². The molecule has 1 aromatic carbocycles. The largest absolute Gasteiger partial charge is 0.489 e. The third-order valence-electron chi connectivity index (χ3n) is 1.27. The van der Waals surface area contributed by atoms with E-state index in [-0.39, 0.29) is 16.0 Å². The Labute approximate surface area is 74.8 Å². The summed E-state index contributed by atoms with van der Waals surface area (Å²) >= 11 is 5.64. The molecule has 0 spiro atoms. The van der Waals surface area contributed by atoms with Crippen LogP contribution in [0.5, 0.6) is 0 Å². The molecule has 0 aromatic heterocycles. The third kappa shape index (κ3) is 1.96. The van der Waals surface area contributed by atoms with E-state index in [9.17, 15) is 0 Å². The highest BCUT2D eigenvalue weighted by Gasteiger charge is 2.14. The molecule has 1 aromatic rings. The molecule has 0 saturated heterocycles. The average Bonchev–Trinajstić information content (AvgIpc) is 2.02. The summed E-state index contributed by atoms with van der Waals surface area (Å²) in [6, 6.07) is 3.83. The van der Waals surface area contributed by atoms with E-state index in [0.717, 1.165) is 0 Å². The minimum absolute atomic E-state index is 0.000270. The third-order valence-corrected chi connectivity index (χ3v) is 1.62. The van der Waals surface area contributed by atoms with E-state index < -0.39 is 14.0 Å². The van der Waals surface area contributed by atoms with Gasteiger partial charge in [-0.3, -0.25) is 0 Å². The van der Waals surface area contributed by atoms with Gasteiger partial charge in [0.2, 0.25) is 0 Å². The molecule has 0 radical (unpaired) electrons. The number of hydrogen-bond donors (Lipinski definition) is 2. The van der Waals surface area contributed by atoms with Crippen molar-refractivity contribution in [1.82, 2.24) is 0 Å². The van der Waals surface area contributed by atoms with Crippen LogP contribution < -0.4 is 5.46 Å². The van der Waals surface area contributed by atoms with Gasteiger partial charge in [-0.2, -0.15) is 0 Å². The quantitative estimate of drug-likeness (QED) is 0.601. The second kappa shape index (κ2) is 3.26. The second-order valence-electron chi connectivity index (χ2n) is 2.11. The van der Waals surface area contributed by atoms with Crippen molar-refractivity contribution in [1.29, 1.82) is 0 Å². The zero-order chi connectivity index (χ0) is 10.9. The smallest absolute Gasteiger partial charge is 0.423 e. The van der Waals surface area contributed by atoms with Crippen LogP contribution in [0.4, 0.5) is 0 Å². The Morgan fingerprint density at radius 1 is 1.55 bits per heavy atom. The Kier molecular flexibility index (Phi) is 1.54. The van der Waals surface area contributed by atoms with Crippen molar-refractivity contribution in [2.75, 3.05) is 0 Å². The summed E-state index contributed by atoms with van der Waals surface area (Å²) in [5.41, 5.74) is 0.0327. The van der Waals surface area contributed by atoms with Crippen LogP contribution in [0.15, 0.2) is 18.2 Å². The molecule has 0 atom stereocenters. The Morgan fingerprint density at radius 2 is 2.27 bits per heavy atom. The highest BCUT2D eigenvalue weighted by Crippen LogP contribution is 2.06. The molecular formula is C7H8BClO2. The lowest BCUT2D eigenvalue weighted by molar-refractivity contribution is 0.426. The summed E-state index contributed by atoms with van der Waals surface area (Å²) in [5.74, 6) is 0. The first-order valence-electron chi connectivity index (χ1n) is 4.48. The fraction of sp³-hybridized carbons (Fsp3) is 0.143. The van der Waals surface area contributed by atoms with Gasteiger partial charge in [-0.05, 0) is 12.9 Å². The minimum Gasteiger partial charge on any atom is -0.423 e. The molecule has 0 unspecified atom stereocenters. The van der Waals surface area contributed by atoms with Gasteiger partial charge in [0.1, 0.15) is 0 Å². The van der Waals surface area contributed by atoms with Gasteiger partial charge in [-0.1, -0.05) is 29.3 Å². The van der Waals surface area contributed by atoms with Gasteiger partial charge in [0.25, 0.3) is 0 Å². The molecule has 0 aliphatic carbocycles. The standard InChI is InChI=1S/C7H8BClO2/c1-5-2-3-7(9)6(4-5)8(10)11/h2-4,10-11H,1H3/i1D3. The number of aryl methyl sites for hydroxylation is 1. The van der Waals surface area contributed by atoms with Gasteiger partial charge in [0.05, 0.1) is 0 Å². The minimum atomic E-state index is -2.27. The van der Waals surface area contributed by atoms with Gasteiger partial charge in [-0.25, -0.2) is 0 Å². The number of hydrogen-bond acceptors (Lipinski definition) is 2. The maximum absolute atomic E-state index is 8.88. The van der Waals surface area contributed by atoms with Crippen molar-refractivity contribution in [2.24, 2.45) is 0 Å². The summed E-state index contributed by atoms with van der Waals surface area (Å²) in [4.78, 5) is 0. The lowest BCUT2D eigenvalue weighted by atomic mass is 9.79. The molecule has 58 valence electrons. The summed E-state index contributed by atoms with van der Waals surface area (Å²) in [6.45, 7) is -2.27. The molecule has 1 rings (SSSR count). The first-order valence-corrected chi connectivity index (χ1v) is 3.36. The number of halogens is 1. The van der Waals surface area contributed by atoms with Crippen molar-refractivity contribution in [2.45, 2.75) is 6.85 Å². The normalized spacial score (nSPS) is 15.0. The van der Waals surface area contributed by atoms with E-state index in [1.54, 1.807) is 0 Å². The van der Waals surface area contributed by atoms with Crippen LogP contribution in [0.1, 0.15) is 9.68 Å². The Hall–Kier alpha value is -0.505. The molecular weight excluding hydrogens is 162 g/mol. The van der Waals surface area contributed by atoms with Gasteiger partial charge in [0.15, 0.2) is 0 Å². The molecule has 0 saturated carbocycles. The van der Waals surface area contributed by atoms with Crippen molar-refractivity contribution < 1.29 is 14.2 Å². The predicted octanol–water partition coefficient (Wildman–Crippen LogP) is 0.328. The van der Waals surface area contributed by atoms with Crippen molar-refractivity contribution in [3.05, 3.63) is 28.8 Å². The molecule has 0 fully saturated rings. The van der Waals surface area contributed by atoms with Crippen LogP contribution in [0.3, 0.4) is 0 Å². The summed E-state index contributed by atoms with van der Waals surface area (Å²) in [5, 5.41) is 17.9. The molecule has 11 heavy (non-hydrogen) atoms. The first-order chi connectivity index (χ1) is 6.32. The van der Waals surface area contributed by atoms with Crippen molar-refractivity contribution in [3.63, 3.8) is 0 Å². The fourth-order valence-corrected chi connectivity index (χ4v) is 0.957.